The van der Waals surface area contributed by atoms with E-state index < -0.39 is 4.92 Å². The summed E-state index contributed by atoms with van der Waals surface area (Å²) in [5.74, 6) is 6.53. The minimum Gasteiger partial charge on any atom is -0.361 e. The van der Waals surface area contributed by atoms with E-state index in [1.807, 2.05) is 0 Å². The summed E-state index contributed by atoms with van der Waals surface area (Å²) in [6.45, 7) is 4.33. The van der Waals surface area contributed by atoms with Crippen molar-refractivity contribution in [2.24, 2.45) is 17.7 Å². The van der Waals surface area contributed by atoms with Crippen LogP contribution in [0.2, 0.25) is 0 Å². The van der Waals surface area contributed by atoms with Crippen LogP contribution in [0.1, 0.15) is 26.7 Å². The van der Waals surface area contributed by atoms with Crippen LogP contribution < -0.4 is 16.6 Å². The minimum absolute atomic E-state index is 0.0150. The molecule has 104 valence electrons. The van der Waals surface area contributed by atoms with Gasteiger partial charge in [-0.3, -0.25) is 10.1 Å². The SMILES string of the molecule is CC1CCC(Nc2ncnc(NN)c2[N+](=O)[O-])C1C. The van der Waals surface area contributed by atoms with Crippen LogP contribution in [0.4, 0.5) is 17.3 Å². The lowest BCUT2D eigenvalue weighted by Crippen LogP contribution is -2.25. The Bertz CT molecular complexity index is 480. The third kappa shape index (κ3) is 2.58. The van der Waals surface area contributed by atoms with Gasteiger partial charge in [-0.25, -0.2) is 15.8 Å². The molecule has 1 aromatic rings. The van der Waals surface area contributed by atoms with Crippen molar-refractivity contribution in [3.8, 4) is 0 Å². The van der Waals surface area contributed by atoms with Gasteiger partial charge in [0.2, 0.25) is 11.6 Å². The second-order valence-electron chi connectivity index (χ2n) is 4.99. The van der Waals surface area contributed by atoms with Gasteiger partial charge < -0.3 is 10.7 Å². The van der Waals surface area contributed by atoms with Crippen molar-refractivity contribution in [3.63, 3.8) is 0 Å². The zero-order valence-corrected chi connectivity index (χ0v) is 11.0. The second kappa shape index (κ2) is 5.35. The largest absolute Gasteiger partial charge is 0.361 e. The first-order chi connectivity index (χ1) is 9.04. The Kier molecular flexibility index (Phi) is 3.79. The first-order valence-electron chi connectivity index (χ1n) is 6.27. The summed E-state index contributed by atoms with van der Waals surface area (Å²) in [5, 5.41) is 14.3. The van der Waals surface area contributed by atoms with Crippen LogP contribution in [0.5, 0.6) is 0 Å². The standard InChI is InChI=1S/C11H18N6O2/c1-6-3-4-8(7(6)2)15-10-9(17(18)19)11(16-12)14-5-13-10/h5-8H,3-4,12H2,1-2H3,(H2,13,14,15,16). The summed E-state index contributed by atoms with van der Waals surface area (Å²) in [7, 11) is 0. The van der Waals surface area contributed by atoms with Crippen LogP contribution in [-0.2, 0) is 0 Å². The van der Waals surface area contributed by atoms with Gasteiger partial charge in [-0.1, -0.05) is 13.8 Å². The Morgan fingerprint density at radius 1 is 1.37 bits per heavy atom. The zero-order chi connectivity index (χ0) is 14.0. The topological polar surface area (TPSA) is 119 Å². The number of nitro groups is 1. The average Bonchev–Trinajstić information content (AvgIpc) is 2.70. The maximum atomic E-state index is 11.1. The fraction of sp³-hybridized carbons (Fsp3) is 0.636. The van der Waals surface area contributed by atoms with Crippen molar-refractivity contribution in [1.29, 1.82) is 0 Å². The number of hydrogen-bond acceptors (Lipinski definition) is 7. The molecule has 1 heterocycles. The highest BCUT2D eigenvalue weighted by Crippen LogP contribution is 2.36. The Labute approximate surface area is 110 Å². The summed E-state index contributed by atoms with van der Waals surface area (Å²) in [5.41, 5.74) is 2.02. The van der Waals surface area contributed by atoms with Gasteiger partial charge in [-0.05, 0) is 24.7 Å². The maximum absolute atomic E-state index is 11.1. The quantitative estimate of drug-likeness (QED) is 0.429. The lowest BCUT2D eigenvalue weighted by Gasteiger charge is -2.20. The monoisotopic (exact) mass is 266 g/mol. The molecule has 2 rings (SSSR count). The van der Waals surface area contributed by atoms with Gasteiger partial charge in [0.15, 0.2) is 0 Å². The average molecular weight is 266 g/mol. The summed E-state index contributed by atoms with van der Waals surface area (Å²) in [4.78, 5) is 18.3. The van der Waals surface area contributed by atoms with E-state index in [-0.39, 0.29) is 23.4 Å². The van der Waals surface area contributed by atoms with Crippen molar-refractivity contribution in [2.45, 2.75) is 32.7 Å². The summed E-state index contributed by atoms with van der Waals surface area (Å²) in [6.07, 6.45) is 3.35. The summed E-state index contributed by atoms with van der Waals surface area (Å²) in [6, 6.07) is 0.189. The normalized spacial score (nSPS) is 26.2. The lowest BCUT2D eigenvalue weighted by molar-refractivity contribution is -0.383. The van der Waals surface area contributed by atoms with E-state index in [0.717, 1.165) is 12.8 Å². The van der Waals surface area contributed by atoms with Gasteiger partial charge in [0.05, 0.1) is 4.92 Å². The van der Waals surface area contributed by atoms with E-state index in [9.17, 15) is 10.1 Å². The highest BCUT2D eigenvalue weighted by molar-refractivity contribution is 5.69. The number of hydrogen-bond donors (Lipinski definition) is 3. The second-order valence-corrected chi connectivity index (χ2v) is 4.99. The van der Waals surface area contributed by atoms with Crippen LogP contribution in [0, 0.1) is 22.0 Å². The van der Waals surface area contributed by atoms with E-state index in [2.05, 4.69) is 34.6 Å². The molecule has 0 saturated heterocycles. The highest BCUT2D eigenvalue weighted by Gasteiger charge is 2.32. The molecule has 0 bridgehead atoms. The molecule has 3 unspecified atom stereocenters. The van der Waals surface area contributed by atoms with Crippen LogP contribution >= 0.6 is 0 Å². The molecule has 1 aliphatic rings. The number of nitrogens with one attached hydrogen (secondary N) is 2. The molecule has 0 spiro atoms. The van der Waals surface area contributed by atoms with Crippen LogP contribution in [0.25, 0.3) is 0 Å². The Morgan fingerprint density at radius 3 is 2.58 bits per heavy atom. The lowest BCUT2D eigenvalue weighted by atomic mass is 9.98. The molecule has 4 N–H and O–H groups in total. The van der Waals surface area contributed by atoms with Crippen molar-refractivity contribution in [3.05, 3.63) is 16.4 Å². The van der Waals surface area contributed by atoms with Crippen molar-refractivity contribution in [1.82, 2.24) is 9.97 Å². The molecule has 0 aromatic carbocycles. The number of hydrazine groups is 1. The van der Waals surface area contributed by atoms with Crippen LogP contribution in [0.3, 0.4) is 0 Å². The van der Waals surface area contributed by atoms with E-state index in [0.29, 0.717) is 11.8 Å². The first-order valence-corrected chi connectivity index (χ1v) is 6.27. The van der Waals surface area contributed by atoms with Gasteiger partial charge in [-0.2, -0.15) is 0 Å². The van der Waals surface area contributed by atoms with Crippen LogP contribution in [-0.4, -0.2) is 20.9 Å². The van der Waals surface area contributed by atoms with E-state index in [4.69, 9.17) is 5.84 Å². The number of anilines is 2. The number of nitrogens with two attached hydrogens (primary N) is 1. The number of nitrogens with zero attached hydrogens (tertiary/aromatic N) is 3. The zero-order valence-electron chi connectivity index (χ0n) is 11.0. The van der Waals surface area contributed by atoms with Crippen LogP contribution in [0.15, 0.2) is 6.33 Å². The molecule has 1 saturated carbocycles. The molecule has 19 heavy (non-hydrogen) atoms. The number of nitrogen functional groups attached to an aromatic ring is 1. The smallest absolute Gasteiger partial charge is 0.354 e. The van der Waals surface area contributed by atoms with Gasteiger partial charge in [0.25, 0.3) is 0 Å². The predicted molar refractivity (Wildman–Crippen MR) is 71.5 cm³/mol. The highest BCUT2D eigenvalue weighted by atomic mass is 16.6. The van der Waals surface area contributed by atoms with E-state index >= 15 is 0 Å². The van der Waals surface area contributed by atoms with Crippen molar-refractivity contribution in [2.75, 3.05) is 10.7 Å². The minimum atomic E-state index is -0.527. The first kappa shape index (κ1) is 13.5. The van der Waals surface area contributed by atoms with Crippen molar-refractivity contribution < 1.29 is 4.92 Å². The van der Waals surface area contributed by atoms with Gasteiger partial charge in [0.1, 0.15) is 6.33 Å². The van der Waals surface area contributed by atoms with Gasteiger partial charge in [-0.15, -0.1) is 0 Å². The molecule has 8 heteroatoms. The maximum Gasteiger partial charge on any atom is 0.354 e. The molecule has 0 radical (unpaired) electrons. The molecular weight excluding hydrogens is 248 g/mol. The molecule has 1 aromatic heterocycles. The molecule has 1 aliphatic carbocycles. The van der Waals surface area contributed by atoms with E-state index in [1.165, 1.54) is 6.33 Å². The Hall–Kier alpha value is -1.96. The molecule has 3 atom stereocenters. The molecule has 8 nitrogen and oxygen atoms in total. The van der Waals surface area contributed by atoms with Gasteiger partial charge >= 0.3 is 5.69 Å². The summed E-state index contributed by atoms with van der Waals surface area (Å²) >= 11 is 0. The Morgan fingerprint density at radius 2 is 2.05 bits per heavy atom. The third-order valence-electron chi connectivity index (χ3n) is 3.93. The predicted octanol–water partition coefficient (Wildman–Crippen LogP) is 1.52. The summed E-state index contributed by atoms with van der Waals surface area (Å²) < 4.78 is 0. The third-order valence-corrected chi connectivity index (χ3v) is 3.93. The fourth-order valence-corrected chi connectivity index (χ4v) is 2.51. The Balaban J connectivity index is 2.27. The molecule has 0 amide bonds. The number of aromatic nitrogens is 2. The number of rotatable bonds is 4. The molecular formula is C11H18N6O2. The fourth-order valence-electron chi connectivity index (χ4n) is 2.51. The van der Waals surface area contributed by atoms with Gasteiger partial charge in [0, 0.05) is 6.04 Å². The molecule has 0 aliphatic heterocycles. The van der Waals surface area contributed by atoms with Crippen molar-refractivity contribution >= 4 is 17.3 Å². The molecule has 1 fully saturated rings. The van der Waals surface area contributed by atoms with E-state index in [1.54, 1.807) is 0 Å².